The van der Waals surface area contributed by atoms with Gasteiger partial charge in [0.2, 0.25) is 5.91 Å². The summed E-state index contributed by atoms with van der Waals surface area (Å²) in [5, 5.41) is 12.7. The van der Waals surface area contributed by atoms with Crippen LogP contribution in [0, 0.1) is 11.3 Å². The molecule has 1 aliphatic rings. The van der Waals surface area contributed by atoms with Crippen molar-refractivity contribution in [1.29, 1.82) is 5.26 Å². The Balaban J connectivity index is 1.41. The number of aromatic nitrogens is 1. The molecule has 3 amide bonds. The topological polar surface area (TPSA) is 95.2 Å². The second-order valence-electron chi connectivity index (χ2n) is 8.18. The molecule has 0 unspecified atom stereocenters. The molecule has 0 atom stereocenters. The largest absolute Gasteiger partial charge is 0.337 e. The highest BCUT2D eigenvalue weighted by Crippen LogP contribution is 2.35. The molecule has 1 aromatic heterocycles. The summed E-state index contributed by atoms with van der Waals surface area (Å²) in [7, 11) is 0. The van der Waals surface area contributed by atoms with Gasteiger partial charge >= 0.3 is 0 Å². The third-order valence-corrected chi connectivity index (χ3v) is 6.72. The van der Waals surface area contributed by atoms with Crippen molar-refractivity contribution in [3.63, 3.8) is 0 Å². The zero-order chi connectivity index (χ0) is 25.1. The Kier molecular flexibility index (Phi) is 6.39. The molecule has 0 saturated carbocycles. The second-order valence-corrected chi connectivity index (χ2v) is 9.17. The van der Waals surface area contributed by atoms with E-state index >= 15 is 0 Å². The number of rotatable bonds is 6. The van der Waals surface area contributed by atoms with E-state index in [-0.39, 0.29) is 24.2 Å². The summed E-state index contributed by atoms with van der Waals surface area (Å²) >= 11 is 0.870. The molecule has 8 heteroatoms. The first-order chi connectivity index (χ1) is 17.5. The molecular weight excluding hydrogens is 472 g/mol. The number of thioether (sulfide) groups is 1. The Bertz CT molecular complexity index is 1570. The number of amides is 3. The number of anilines is 1. The van der Waals surface area contributed by atoms with Gasteiger partial charge in [-0.25, -0.2) is 0 Å². The first-order valence-corrected chi connectivity index (χ1v) is 12.0. The summed E-state index contributed by atoms with van der Waals surface area (Å²) in [6, 6.07) is 25.8. The minimum absolute atomic E-state index is 0.0349. The highest BCUT2D eigenvalue weighted by atomic mass is 32.2. The zero-order valence-corrected chi connectivity index (χ0v) is 19.9. The van der Waals surface area contributed by atoms with Crippen LogP contribution in [-0.4, -0.2) is 26.5 Å². The van der Waals surface area contributed by atoms with Crippen LogP contribution in [0.1, 0.15) is 16.7 Å². The average molecular weight is 493 g/mol. The third-order valence-electron chi connectivity index (χ3n) is 5.82. The summed E-state index contributed by atoms with van der Waals surface area (Å²) in [5.74, 6) is -0.582. The highest BCUT2D eigenvalue weighted by Gasteiger charge is 2.35. The van der Waals surface area contributed by atoms with Crippen LogP contribution in [0.25, 0.3) is 17.0 Å². The van der Waals surface area contributed by atoms with Crippen LogP contribution >= 0.6 is 11.8 Å². The molecule has 1 N–H and O–H groups in total. The number of hydrogen-bond donors (Lipinski definition) is 1. The minimum Gasteiger partial charge on any atom is -0.337 e. The van der Waals surface area contributed by atoms with E-state index in [2.05, 4.69) is 11.4 Å². The number of carbonyl (C=O) groups excluding carboxylic acids is 3. The third kappa shape index (κ3) is 4.65. The van der Waals surface area contributed by atoms with E-state index in [9.17, 15) is 19.6 Å². The maximum absolute atomic E-state index is 13.1. The standard InChI is InChI=1S/C28H20N4O3S/c29-15-19-8-4-5-9-20(19)17-32-27(34)25(36-28(32)35)14-21-16-31(24-13-7-6-12-23(21)24)18-26(33)30-22-10-2-1-3-11-22/h1-14,16H,17-18H2,(H,30,33)/b25-14+. The Morgan fingerprint density at radius 1 is 0.972 bits per heavy atom. The molecule has 1 fully saturated rings. The van der Waals surface area contributed by atoms with Crippen LogP contribution in [0.5, 0.6) is 0 Å². The van der Waals surface area contributed by atoms with Gasteiger partial charge in [0.15, 0.2) is 0 Å². The Hall–Kier alpha value is -4.61. The average Bonchev–Trinajstić information content (AvgIpc) is 3.36. The van der Waals surface area contributed by atoms with Crippen molar-refractivity contribution in [1.82, 2.24) is 9.47 Å². The van der Waals surface area contributed by atoms with Crippen LogP contribution in [-0.2, 0) is 22.7 Å². The number of nitrogens with zero attached hydrogens (tertiary/aromatic N) is 3. The molecule has 0 aliphatic carbocycles. The van der Waals surface area contributed by atoms with Crippen molar-refractivity contribution in [3.8, 4) is 6.07 Å². The van der Waals surface area contributed by atoms with Crippen molar-refractivity contribution in [3.05, 3.63) is 107 Å². The Morgan fingerprint density at radius 2 is 1.69 bits per heavy atom. The van der Waals surface area contributed by atoms with E-state index in [0.29, 0.717) is 21.7 Å². The highest BCUT2D eigenvalue weighted by molar-refractivity contribution is 8.18. The predicted molar refractivity (Wildman–Crippen MR) is 140 cm³/mol. The van der Waals surface area contributed by atoms with Gasteiger partial charge in [-0.1, -0.05) is 54.6 Å². The lowest BCUT2D eigenvalue weighted by Gasteiger charge is -2.13. The molecule has 3 aromatic carbocycles. The fourth-order valence-corrected chi connectivity index (χ4v) is 4.94. The second kappa shape index (κ2) is 9.94. The summed E-state index contributed by atoms with van der Waals surface area (Å²) in [6.45, 7) is 0.128. The van der Waals surface area contributed by atoms with Gasteiger partial charge in [-0.3, -0.25) is 19.3 Å². The van der Waals surface area contributed by atoms with Crippen LogP contribution in [0.4, 0.5) is 10.5 Å². The van der Waals surface area contributed by atoms with E-state index in [0.717, 1.165) is 33.1 Å². The van der Waals surface area contributed by atoms with Crippen LogP contribution < -0.4 is 5.32 Å². The van der Waals surface area contributed by atoms with Gasteiger partial charge in [0, 0.05) is 28.4 Å². The van der Waals surface area contributed by atoms with E-state index in [4.69, 9.17) is 0 Å². The molecule has 0 radical (unpaired) electrons. The molecule has 1 aliphatic heterocycles. The maximum atomic E-state index is 13.1. The van der Waals surface area contributed by atoms with Crippen LogP contribution in [0.3, 0.4) is 0 Å². The number of carbonyl (C=O) groups is 3. The number of imide groups is 1. The van der Waals surface area contributed by atoms with Gasteiger partial charge in [-0.2, -0.15) is 5.26 Å². The van der Waals surface area contributed by atoms with E-state index in [1.807, 2.05) is 65.4 Å². The van der Waals surface area contributed by atoms with Crippen molar-refractivity contribution in [2.24, 2.45) is 0 Å². The maximum Gasteiger partial charge on any atom is 0.293 e. The lowest BCUT2D eigenvalue weighted by atomic mass is 10.1. The molecule has 4 aromatic rings. The van der Waals surface area contributed by atoms with Gasteiger partial charge in [0.25, 0.3) is 11.1 Å². The summed E-state index contributed by atoms with van der Waals surface area (Å²) in [5.41, 5.74) is 3.34. The van der Waals surface area contributed by atoms with Crippen molar-refractivity contribution in [2.45, 2.75) is 13.1 Å². The molecule has 7 nitrogen and oxygen atoms in total. The minimum atomic E-state index is -0.406. The van der Waals surface area contributed by atoms with E-state index in [1.54, 1.807) is 30.3 Å². The normalized spacial score (nSPS) is 14.4. The van der Waals surface area contributed by atoms with Crippen molar-refractivity contribution < 1.29 is 14.4 Å². The number of benzene rings is 3. The number of nitriles is 1. The molecule has 2 heterocycles. The molecule has 176 valence electrons. The zero-order valence-electron chi connectivity index (χ0n) is 19.0. The van der Waals surface area contributed by atoms with E-state index in [1.165, 1.54) is 0 Å². The predicted octanol–water partition coefficient (Wildman–Crippen LogP) is 5.39. The number of para-hydroxylation sites is 2. The quantitative estimate of drug-likeness (QED) is 0.364. The lowest BCUT2D eigenvalue weighted by Crippen LogP contribution is -2.27. The summed E-state index contributed by atoms with van der Waals surface area (Å²) in [6.07, 6.45) is 3.50. The van der Waals surface area contributed by atoms with Gasteiger partial charge < -0.3 is 9.88 Å². The van der Waals surface area contributed by atoms with Gasteiger partial charge in [0.05, 0.1) is 23.1 Å². The Morgan fingerprint density at radius 3 is 2.50 bits per heavy atom. The van der Waals surface area contributed by atoms with E-state index < -0.39 is 5.91 Å². The van der Waals surface area contributed by atoms with Crippen LogP contribution in [0.2, 0.25) is 0 Å². The number of fused-ring (bicyclic) bond motifs is 1. The van der Waals surface area contributed by atoms with Gasteiger partial charge in [0.1, 0.15) is 6.54 Å². The SMILES string of the molecule is N#Cc1ccccc1CN1C(=O)S/C(=C/c2cn(CC(=O)Nc3ccccc3)c3ccccc23)C1=O. The fourth-order valence-electron chi connectivity index (χ4n) is 4.11. The van der Waals surface area contributed by atoms with Crippen molar-refractivity contribution in [2.75, 3.05) is 5.32 Å². The number of hydrogen-bond acceptors (Lipinski definition) is 5. The van der Waals surface area contributed by atoms with Gasteiger partial charge in [-0.05, 0) is 47.7 Å². The summed E-state index contributed by atoms with van der Waals surface area (Å²) < 4.78 is 1.83. The molecular formula is C28H20N4O3S. The van der Waals surface area contributed by atoms with Gasteiger partial charge in [-0.15, -0.1) is 0 Å². The first-order valence-electron chi connectivity index (χ1n) is 11.2. The van der Waals surface area contributed by atoms with Crippen LogP contribution in [0.15, 0.2) is 90.0 Å². The molecule has 0 spiro atoms. The lowest BCUT2D eigenvalue weighted by molar-refractivity contribution is -0.123. The van der Waals surface area contributed by atoms with Crippen molar-refractivity contribution >= 4 is 51.5 Å². The molecule has 5 rings (SSSR count). The molecule has 1 saturated heterocycles. The summed E-state index contributed by atoms with van der Waals surface area (Å²) in [4.78, 5) is 39.9. The smallest absolute Gasteiger partial charge is 0.293 e. The Labute approximate surface area is 211 Å². The molecule has 36 heavy (non-hydrogen) atoms. The fraction of sp³-hybridized carbons (Fsp3) is 0.0714. The number of nitrogens with one attached hydrogen (secondary N) is 1. The molecule has 0 bridgehead atoms. The first kappa shape index (κ1) is 23.1. The monoisotopic (exact) mass is 492 g/mol.